The van der Waals surface area contributed by atoms with Gasteiger partial charge in [-0.1, -0.05) is 30.3 Å². The largest absolute Gasteiger partial charge is 0.468 e. The molecule has 0 radical (unpaired) electrons. The monoisotopic (exact) mass is 235 g/mol. The standard InChI is InChI=1S/C9H7NS.C3H6O2/c1-2-4-8(5-3-1)9-6-11-7-10-9;1-2-5-3-4/h1-7H;3H,2H2,1H3. The highest BCUT2D eigenvalue weighted by molar-refractivity contribution is 7.07. The first-order valence-corrected chi connectivity index (χ1v) is 5.81. The van der Waals surface area contributed by atoms with Crippen LogP contribution in [-0.2, 0) is 9.53 Å². The number of nitrogens with zero attached hydrogens (tertiary/aromatic N) is 1. The van der Waals surface area contributed by atoms with Crippen LogP contribution < -0.4 is 0 Å². The molecule has 0 N–H and O–H groups in total. The van der Waals surface area contributed by atoms with Crippen molar-refractivity contribution in [2.45, 2.75) is 6.92 Å². The summed E-state index contributed by atoms with van der Waals surface area (Å²) in [4.78, 5) is 13.4. The van der Waals surface area contributed by atoms with E-state index in [1.54, 1.807) is 18.3 Å². The number of rotatable bonds is 3. The molecule has 1 aromatic heterocycles. The SMILES string of the molecule is CCOC=O.c1ccc(-c2cscn2)cc1. The fourth-order valence-corrected chi connectivity index (χ4v) is 1.59. The second-order valence-electron chi connectivity index (χ2n) is 2.79. The van der Waals surface area contributed by atoms with Gasteiger partial charge in [-0.25, -0.2) is 4.98 Å². The predicted molar refractivity (Wildman–Crippen MR) is 65.2 cm³/mol. The van der Waals surface area contributed by atoms with Crippen LogP contribution in [0.15, 0.2) is 41.2 Å². The molecule has 0 saturated carbocycles. The van der Waals surface area contributed by atoms with Crippen LogP contribution in [0, 0.1) is 0 Å². The Balaban J connectivity index is 0.000000221. The van der Waals surface area contributed by atoms with Gasteiger partial charge in [-0.15, -0.1) is 11.3 Å². The van der Waals surface area contributed by atoms with Gasteiger partial charge in [0, 0.05) is 10.9 Å². The van der Waals surface area contributed by atoms with Gasteiger partial charge in [0.2, 0.25) is 0 Å². The maximum atomic E-state index is 9.18. The Morgan fingerprint density at radius 3 is 2.56 bits per heavy atom. The number of carbonyl (C=O) groups is 1. The van der Waals surface area contributed by atoms with Crippen molar-refractivity contribution < 1.29 is 9.53 Å². The van der Waals surface area contributed by atoms with E-state index in [-0.39, 0.29) is 0 Å². The van der Waals surface area contributed by atoms with Crippen molar-refractivity contribution in [3.8, 4) is 11.3 Å². The molecule has 16 heavy (non-hydrogen) atoms. The molecule has 84 valence electrons. The highest BCUT2D eigenvalue weighted by Gasteiger charge is 1.95. The first-order chi connectivity index (χ1) is 7.88. The molecular weight excluding hydrogens is 222 g/mol. The van der Waals surface area contributed by atoms with E-state index in [4.69, 9.17) is 0 Å². The predicted octanol–water partition coefficient (Wildman–Crippen LogP) is 2.99. The lowest BCUT2D eigenvalue weighted by Crippen LogP contribution is -1.80. The van der Waals surface area contributed by atoms with Crippen LogP contribution in [0.3, 0.4) is 0 Å². The third-order valence-corrected chi connectivity index (χ3v) is 2.32. The van der Waals surface area contributed by atoms with Crippen molar-refractivity contribution in [3.05, 3.63) is 41.2 Å². The number of benzene rings is 1. The van der Waals surface area contributed by atoms with Gasteiger partial charge in [0.05, 0.1) is 17.8 Å². The van der Waals surface area contributed by atoms with Gasteiger partial charge < -0.3 is 4.74 Å². The molecule has 0 unspecified atom stereocenters. The first-order valence-electron chi connectivity index (χ1n) is 4.87. The molecule has 0 atom stereocenters. The van der Waals surface area contributed by atoms with Gasteiger partial charge in [0.25, 0.3) is 6.47 Å². The molecule has 0 aliphatic rings. The summed E-state index contributed by atoms with van der Waals surface area (Å²) in [5, 5.41) is 2.05. The van der Waals surface area contributed by atoms with Crippen LogP contribution in [0.4, 0.5) is 0 Å². The zero-order valence-electron chi connectivity index (χ0n) is 9.00. The Morgan fingerprint density at radius 2 is 2.12 bits per heavy atom. The summed E-state index contributed by atoms with van der Waals surface area (Å²) in [6, 6.07) is 10.2. The molecule has 3 nitrogen and oxygen atoms in total. The number of ether oxygens (including phenoxy) is 1. The fraction of sp³-hybridized carbons (Fsp3) is 0.167. The Hall–Kier alpha value is -1.68. The Morgan fingerprint density at radius 1 is 1.38 bits per heavy atom. The quantitative estimate of drug-likeness (QED) is 0.768. The van der Waals surface area contributed by atoms with Crippen molar-refractivity contribution in [2.24, 2.45) is 0 Å². The minimum absolute atomic E-state index is 0.431. The van der Waals surface area contributed by atoms with E-state index in [2.05, 4.69) is 27.2 Å². The molecule has 4 heteroatoms. The summed E-state index contributed by atoms with van der Waals surface area (Å²) < 4.78 is 4.15. The highest BCUT2D eigenvalue weighted by atomic mass is 32.1. The summed E-state index contributed by atoms with van der Waals surface area (Å²) in [5.41, 5.74) is 4.10. The molecule has 0 bridgehead atoms. The summed E-state index contributed by atoms with van der Waals surface area (Å²) in [7, 11) is 0. The number of carbonyl (C=O) groups excluding carboxylic acids is 1. The van der Waals surface area contributed by atoms with E-state index in [0.717, 1.165) is 5.69 Å². The Labute approximate surface area is 98.7 Å². The van der Waals surface area contributed by atoms with Crippen LogP contribution >= 0.6 is 11.3 Å². The van der Waals surface area contributed by atoms with Crippen LogP contribution in [-0.4, -0.2) is 18.1 Å². The van der Waals surface area contributed by atoms with Crippen molar-refractivity contribution >= 4 is 17.8 Å². The minimum atomic E-state index is 0.431. The molecule has 2 rings (SSSR count). The topological polar surface area (TPSA) is 39.2 Å². The molecule has 0 aliphatic heterocycles. The van der Waals surface area contributed by atoms with E-state index < -0.39 is 0 Å². The lowest BCUT2D eigenvalue weighted by molar-refractivity contribution is -0.128. The van der Waals surface area contributed by atoms with Crippen LogP contribution in [0.25, 0.3) is 11.3 Å². The van der Waals surface area contributed by atoms with Crippen molar-refractivity contribution in [2.75, 3.05) is 6.61 Å². The molecule has 0 aliphatic carbocycles. The zero-order valence-corrected chi connectivity index (χ0v) is 9.81. The number of thiazole rings is 1. The second-order valence-corrected chi connectivity index (χ2v) is 3.51. The second kappa shape index (κ2) is 7.59. The van der Waals surface area contributed by atoms with Crippen LogP contribution in [0.5, 0.6) is 0 Å². The van der Waals surface area contributed by atoms with Crippen molar-refractivity contribution in [3.63, 3.8) is 0 Å². The summed E-state index contributed by atoms with van der Waals surface area (Å²) >= 11 is 1.62. The smallest absolute Gasteiger partial charge is 0.293 e. The molecule has 2 aromatic rings. The van der Waals surface area contributed by atoms with E-state index >= 15 is 0 Å². The molecule has 1 heterocycles. The van der Waals surface area contributed by atoms with E-state index in [1.165, 1.54) is 5.56 Å². The normalized spacial score (nSPS) is 8.81. The molecule has 0 saturated heterocycles. The lowest BCUT2D eigenvalue weighted by Gasteiger charge is -1.92. The highest BCUT2D eigenvalue weighted by Crippen LogP contribution is 2.17. The van der Waals surface area contributed by atoms with Crippen molar-refractivity contribution in [1.29, 1.82) is 0 Å². The third-order valence-electron chi connectivity index (χ3n) is 1.74. The van der Waals surface area contributed by atoms with Crippen LogP contribution in [0.1, 0.15) is 6.92 Å². The summed E-state index contributed by atoms with van der Waals surface area (Å²) in [6.07, 6.45) is 0. The molecule has 1 aromatic carbocycles. The zero-order chi connectivity index (χ0) is 11.6. The molecule has 0 fully saturated rings. The number of aromatic nitrogens is 1. The fourth-order valence-electron chi connectivity index (χ4n) is 1.03. The lowest BCUT2D eigenvalue weighted by atomic mass is 10.2. The van der Waals surface area contributed by atoms with E-state index in [0.29, 0.717) is 13.1 Å². The van der Waals surface area contributed by atoms with Crippen LogP contribution in [0.2, 0.25) is 0 Å². The Bertz CT molecular complexity index is 387. The average molecular weight is 235 g/mol. The summed E-state index contributed by atoms with van der Waals surface area (Å²) in [6.45, 7) is 2.66. The number of hydrogen-bond donors (Lipinski definition) is 0. The molecular formula is C12H13NO2S. The van der Waals surface area contributed by atoms with Gasteiger partial charge in [-0.3, -0.25) is 4.79 Å². The molecule has 0 spiro atoms. The van der Waals surface area contributed by atoms with Gasteiger partial charge >= 0.3 is 0 Å². The van der Waals surface area contributed by atoms with Gasteiger partial charge in [0.15, 0.2) is 0 Å². The maximum absolute atomic E-state index is 9.18. The van der Waals surface area contributed by atoms with Gasteiger partial charge in [0.1, 0.15) is 0 Å². The van der Waals surface area contributed by atoms with E-state index in [1.807, 2.05) is 23.7 Å². The third kappa shape index (κ3) is 4.23. The Kier molecular flexibility index (Phi) is 5.88. The average Bonchev–Trinajstić information content (AvgIpc) is 2.86. The maximum Gasteiger partial charge on any atom is 0.293 e. The van der Waals surface area contributed by atoms with Gasteiger partial charge in [-0.05, 0) is 6.92 Å². The van der Waals surface area contributed by atoms with Gasteiger partial charge in [-0.2, -0.15) is 0 Å². The minimum Gasteiger partial charge on any atom is -0.468 e. The summed E-state index contributed by atoms with van der Waals surface area (Å²) in [5.74, 6) is 0. The van der Waals surface area contributed by atoms with E-state index in [9.17, 15) is 4.79 Å². The molecule has 0 amide bonds. The first kappa shape index (κ1) is 12.4. The van der Waals surface area contributed by atoms with Crippen molar-refractivity contribution in [1.82, 2.24) is 4.98 Å². The number of hydrogen-bond acceptors (Lipinski definition) is 4.